The van der Waals surface area contributed by atoms with Crippen LogP contribution in [-0.2, 0) is 57.7 Å². The first-order valence-electron chi connectivity index (χ1n) is 15.9. The number of fused-ring (bicyclic) bond motifs is 8. The monoisotopic (exact) mass is 677 g/mol. The molecule has 1 aromatic carbocycles. The number of aromatic carboxylic acids is 1. The Morgan fingerprint density at radius 2 is 1.85 bits per heavy atom. The molecular formula is C35H40ClN5O3S2. The summed E-state index contributed by atoms with van der Waals surface area (Å²) in [4.78, 5) is 13.2. The molecule has 1 aliphatic heterocycles. The number of rotatable bonds is 1. The topological polar surface area (TPSA) is 87.1 Å². The van der Waals surface area contributed by atoms with Crippen LogP contribution in [0.1, 0.15) is 92.5 Å². The van der Waals surface area contributed by atoms with Gasteiger partial charge in [0.25, 0.3) is 0 Å². The van der Waals surface area contributed by atoms with E-state index in [-0.39, 0.29) is 5.92 Å². The van der Waals surface area contributed by atoms with Crippen molar-refractivity contribution in [3.8, 4) is 5.75 Å². The molecule has 11 heteroatoms. The Hall–Kier alpha value is -3.08. The molecule has 3 aliphatic rings. The summed E-state index contributed by atoms with van der Waals surface area (Å²) in [7, 11) is 5.86. The predicted octanol–water partition coefficient (Wildman–Crippen LogP) is 7.19. The molecule has 2 unspecified atom stereocenters. The molecule has 8 nitrogen and oxygen atoms in total. The second-order valence-electron chi connectivity index (χ2n) is 12.9. The summed E-state index contributed by atoms with van der Waals surface area (Å²) < 4.78 is 12.3. The Kier molecular flexibility index (Phi) is 8.34. The summed E-state index contributed by atoms with van der Waals surface area (Å²) in [6.45, 7) is 4.61. The number of thioether (sulfide) groups is 2. The van der Waals surface area contributed by atoms with Crippen LogP contribution in [0.15, 0.2) is 29.2 Å². The molecule has 0 spiro atoms. The van der Waals surface area contributed by atoms with Crippen LogP contribution in [-0.4, -0.2) is 46.7 Å². The van der Waals surface area contributed by atoms with Crippen molar-refractivity contribution in [3.63, 3.8) is 0 Å². The first kappa shape index (κ1) is 31.5. The van der Waals surface area contributed by atoms with E-state index in [9.17, 15) is 9.90 Å². The molecule has 0 radical (unpaired) electrons. The molecule has 3 aromatic heterocycles. The summed E-state index contributed by atoms with van der Waals surface area (Å²) >= 11 is 11.0. The Labute approximate surface area is 283 Å². The largest absolute Gasteiger partial charge is 0.493 e. The number of aryl methyl sites for hydroxylation is 3. The lowest BCUT2D eigenvalue weighted by Gasteiger charge is -2.34. The third kappa shape index (κ3) is 5.50. The van der Waals surface area contributed by atoms with Crippen LogP contribution in [0.3, 0.4) is 0 Å². The third-order valence-corrected chi connectivity index (χ3v) is 12.2. The van der Waals surface area contributed by atoms with Crippen molar-refractivity contribution in [1.82, 2.24) is 24.1 Å². The zero-order chi connectivity index (χ0) is 32.3. The van der Waals surface area contributed by atoms with E-state index in [1.54, 1.807) is 11.8 Å². The van der Waals surface area contributed by atoms with Crippen LogP contribution in [0.4, 0.5) is 0 Å². The minimum Gasteiger partial charge on any atom is -0.493 e. The molecule has 1 N–H and O–H groups in total. The summed E-state index contributed by atoms with van der Waals surface area (Å²) in [5, 5.41) is 20.3. The van der Waals surface area contributed by atoms with Gasteiger partial charge in [0.05, 0.1) is 28.8 Å². The lowest BCUT2D eigenvalue weighted by atomic mass is 9.77. The summed E-state index contributed by atoms with van der Waals surface area (Å²) in [5.41, 5.74) is 11.1. The molecule has 4 aromatic rings. The predicted molar refractivity (Wildman–Crippen MR) is 186 cm³/mol. The minimum absolute atomic E-state index is 0.274. The van der Waals surface area contributed by atoms with Gasteiger partial charge in [-0.05, 0) is 86.4 Å². The number of hydrogen-bond acceptors (Lipinski definition) is 6. The van der Waals surface area contributed by atoms with Gasteiger partial charge in [0, 0.05) is 65.9 Å². The van der Waals surface area contributed by atoms with Gasteiger partial charge in [-0.2, -0.15) is 10.2 Å². The highest BCUT2D eigenvalue weighted by Gasteiger charge is 2.43. The molecular weight excluding hydrogens is 638 g/mol. The number of halogens is 1. The molecule has 7 rings (SSSR count). The summed E-state index contributed by atoms with van der Waals surface area (Å²) in [5.74, 6) is 2.05. The lowest BCUT2D eigenvalue weighted by molar-refractivity contribution is 0.0684. The van der Waals surface area contributed by atoms with E-state index < -0.39 is 10.8 Å². The number of ether oxygens (including phenoxy) is 1. The lowest BCUT2D eigenvalue weighted by Crippen LogP contribution is -2.31. The first-order chi connectivity index (χ1) is 22.0. The fourth-order valence-corrected chi connectivity index (χ4v) is 9.65. The molecule has 0 saturated carbocycles. The molecule has 0 amide bonds. The SMILES string of the molecule is Cc1c2c(nn1C)CSCc1cc(n(C)n1)CSc1cc3c(c(c1)OCCCc1c4c(n(C)c1C(=O)O)C2C(C)(Cl)C=C4)CCC3. The van der Waals surface area contributed by atoms with Crippen molar-refractivity contribution >= 4 is 47.2 Å². The highest BCUT2D eigenvalue weighted by Crippen LogP contribution is 2.50. The molecule has 242 valence electrons. The molecule has 0 saturated heterocycles. The Morgan fingerprint density at radius 1 is 1.04 bits per heavy atom. The van der Waals surface area contributed by atoms with Crippen molar-refractivity contribution in [1.29, 1.82) is 0 Å². The van der Waals surface area contributed by atoms with E-state index in [1.165, 1.54) is 21.7 Å². The third-order valence-electron chi connectivity index (χ3n) is 9.82. The van der Waals surface area contributed by atoms with Gasteiger partial charge in [-0.1, -0.05) is 12.2 Å². The fraction of sp³-hybridized carbons (Fsp3) is 0.457. The maximum absolute atomic E-state index is 12.8. The van der Waals surface area contributed by atoms with Crippen molar-refractivity contribution in [2.75, 3.05) is 6.61 Å². The number of carboxylic acids is 1. The highest BCUT2D eigenvalue weighted by atomic mass is 35.5. The Bertz CT molecular complexity index is 1880. The van der Waals surface area contributed by atoms with Crippen molar-refractivity contribution in [2.45, 2.75) is 78.9 Å². The molecule has 4 heterocycles. The van der Waals surface area contributed by atoms with Crippen LogP contribution in [0, 0.1) is 6.92 Å². The number of carboxylic acid groups (broad SMARTS) is 1. The second kappa shape index (κ2) is 12.2. The summed E-state index contributed by atoms with van der Waals surface area (Å²) in [6, 6.07) is 6.74. The molecule has 46 heavy (non-hydrogen) atoms. The number of hydrogen-bond donors (Lipinski definition) is 1. The van der Waals surface area contributed by atoms with E-state index in [2.05, 4.69) is 25.1 Å². The van der Waals surface area contributed by atoms with E-state index >= 15 is 0 Å². The fourth-order valence-electron chi connectivity index (χ4n) is 7.52. The number of alkyl halides is 1. The Morgan fingerprint density at radius 3 is 2.65 bits per heavy atom. The van der Waals surface area contributed by atoms with E-state index in [1.807, 2.05) is 65.9 Å². The van der Waals surface area contributed by atoms with Crippen LogP contribution >= 0.6 is 35.1 Å². The van der Waals surface area contributed by atoms with Crippen LogP contribution < -0.4 is 4.74 Å². The maximum atomic E-state index is 12.8. The van der Waals surface area contributed by atoms with Crippen LogP contribution in [0.25, 0.3) is 6.08 Å². The minimum atomic E-state index is -0.929. The van der Waals surface area contributed by atoms with Gasteiger partial charge >= 0.3 is 5.97 Å². The number of benzene rings is 1. The van der Waals surface area contributed by atoms with Gasteiger partial charge in [-0.25, -0.2) is 4.79 Å². The average Bonchev–Trinajstić information content (AvgIpc) is 3.75. The second-order valence-corrected chi connectivity index (χ2v) is 15.7. The average molecular weight is 678 g/mol. The normalized spacial score (nSPS) is 21.3. The van der Waals surface area contributed by atoms with Crippen molar-refractivity contribution < 1.29 is 14.6 Å². The number of nitrogens with zero attached hydrogens (tertiary/aromatic N) is 5. The molecule has 0 fully saturated rings. The molecule has 8 bridgehead atoms. The Balaban J connectivity index is 1.33. The van der Waals surface area contributed by atoms with Gasteiger partial charge in [0.2, 0.25) is 0 Å². The number of carbonyl (C=O) groups is 1. The highest BCUT2D eigenvalue weighted by molar-refractivity contribution is 7.98. The number of aromatic nitrogens is 5. The van der Waals surface area contributed by atoms with Gasteiger partial charge in [0.15, 0.2) is 0 Å². The van der Waals surface area contributed by atoms with Crippen LogP contribution in [0.5, 0.6) is 5.75 Å². The van der Waals surface area contributed by atoms with Crippen molar-refractivity contribution in [3.05, 3.63) is 86.3 Å². The van der Waals surface area contributed by atoms with Gasteiger partial charge in [-0.15, -0.1) is 35.1 Å². The number of allylic oxidation sites excluding steroid dienone is 1. The zero-order valence-electron chi connectivity index (χ0n) is 27.0. The first-order valence-corrected chi connectivity index (χ1v) is 18.4. The van der Waals surface area contributed by atoms with E-state index in [4.69, 9.17) is 26.5 Å². The summed E-state index contributed by atoms with van der Waals surface area (Å²) in [6.07, 6.45) is 8.62. The molecule has 2 aliphatic carbocycles. The standard InChI is InChI=1S/C35H40ClN5O3S2/c1-20-30-28(38-40(20)4)19-45-17-22-15-23(41(5)37-22)18-46-24-14-21-8-6-9-25(21)29(16-24)44-13-7-10-26-27-11-12-35(2,36)31(30)32(27)39(3)33(26)34(42)43/h11-12,14-16,31H,6-10,13,17-19H2,1-5H3,(H,42,43). The van der Waals surface area contributed by atoms with E-state index in [0.29, 0.717) is 30.9 Å². The van der Waals surface area contributed by atoms with Gasteiger partial charge < -0.3 is 14.4 Å². The maximum Gasteiger partial charge on any atom is 0.352 e. The van der Waals surface area contributed by atoms with Gasteiger partial charge in [-0.3, -0.25) is 9.36 Å². The van der Waals surface area contributed by atoms with E-state index in [0.717, 1.165) is 76.0 Å². The van der Waals surface area contributed by atoms with Crippen molar-refractivity contribution in [2.24, 2.45) is 21.1 Å². The molecule has 2 atom stereocenters. The smallest absolute Gasteiger partial charge is 0.352 e. The van der Waals surface area contributed by atoms with Crippen LogP contribution in [0.2, 0.25) is 0 Å². The van der Waals surface area contributed by atoms with Gasteiger partial charge in [0.1, 0.15) is 11.4 Å². The zero-order valence-corrected chi connectivity index (χ0v) is 29.4. The quantitative estimate of drug-likeness (QED) is 0.213.